The van der Waals surface area contributed by atoms with Crippen molar-refractivity contribution in [2.45, 2.75) is 163 Å². The number of hydrogen-bond acceptors (Lipinski definition) is 2. The topological polar surface area (TPSA) is 74.6 Å². The minimum Gasteiger partial charge on any atom is -0.481 e. The fraction of sp³-hybridized carbons (Fsp3) is 0.931. The Morgan fingerprint density at radius 2 is 0.758 bits per heavy atom. The minimum absolute atomic E-state index is 0.163. The molecule has 0 amide bonds. The molecule has 0 aliphatic rings. The summed E-state index contributed by atoms with van der Waals surface area (Å²) >= 11 is 0. The predicted molar refractivity (Wildman–Crippen MR) is 140 cm³/mol. The molecule has 0 fully saturated rings. The van der Waals surface area contributed by atoms with Crippen LogP contribution in [0, 0.1) is 10.8 Å². The van der Waals surface area contributed by atoms with Crippen LogP contribution in [-0.4, -0.2) is 22.2 Å². The molecule has 196 valence electrons. The summed E-state index contributed by atoms with van der Waals surface area (Å²) in [6.07, 6.45) is 25.7. The van der Waals surface area contributed by atoms with Crippen molar-refractivity contribution >= 4 is 11.9 Å². The molecule has 4 nitrogen and oxygen atoms in total. The van der Waals surface area contributed by atoms with Crippen LogP contribution in [0.25, 0.3) is 0 Å². The number of rotatable bonds is 24. The zero-order chi connectivity index (χ0) is 25.0. The Labute approximate surface area is 205 Å². The Bertz CT molecular complexity index is 496. The zero-order valence-electron chi connectivity index (χ0n) is 22.6. The van der Waals surface area contributed by atoms with E-state index in [9.17, 15) is 14.7 Å². The second-order valence-corrected chi connectivity index (χ2v) is 11.4. The van der Waals surface area contributed by atoms with E-state index < -0.39 is 17.4 Å². The van der Waals surface area contributed by atoms with Gasteiger partial charge in [0.25, 0.3) is 0 Å². The van der Waals surface area contributed by atoms with Gasteiger partial charge in [-0.25, -0.2) is 0 Å². The van der Waals surface area contributed by atoms with E-state index in [4.69, 9.17) is 5.11 Å². The van der Waals surface area contributed by atoms with Crippen molar-refractivity contribution in [1.29, 1.82) is 0 Å². The second kappa shape index (κ2) is 19.3. The Morgan fingerprint density at radius 3 is 1.03 bits per heavy atom. The summed E-state index contributed by atoms with van der Waals surface area (Å²) in [5.41, 5.74) is -0.831. The summed E-state index contributed by atoms with van der Waals surface area (Å²) < 4.78 is 0. The number of hydrogen-bond donors (Lipinski definition) is 2. The molecule has 0 atom stereocenters. The lowest BCUT2D eigenvalue weighted by molar-refractivity contribution is -0.154. The highest BCUT2D eigenvalue weighted by molar-refractivity contribution is 5.74. The van der Waals surface area contributed by atoms with Gasteiger partial charge >= 0.3 is 11.9 Å². The molecule has 0 saturated heterocycles. The molecule has 0 bridgehead atoms. The van der Waals surface area contributed by atoms with Crippen LogP contribution in [0.3, 0.4) is 0 Å². The third-order valence-electron chi connectivity index (χ3n) is 7.92. The number of carbonyl (C=O) groups is 2. The smallest absolute Gasteiger partial charge is 0.309 e. The zero-order valence-corrected chi connectivity index (χ0v) is 22.6. The average Bonchev–Trinajstić information content (AvgIpc) is 2.74. The molecule has 2 N–H and O–H groups in total. The first-order valence-electron chi connectivity index (χ1n) is 14.1. The molecular formula is C29H56O4. The number of carboxylic acids is 2. The summed E-state index contributed by atoms with van der Waals surface area (Å²) in [5, 5.41) is 18.0. The average molecular weight is 469 g/mol. The maximum Gasteiger partial charge on any atom is 0.309 e. The molecule has 0 unspecified atom stereocenters. The van der Waals surface area contributed by atoms with Crippen LogP contribution in [0.2, 0.25) is 0 Å². The van der Waals surface area contributed by atoms with E-state index in [0.29, 0.717) is 6.42 Å². The molecule has 0 aliphatic heterocycles. The second-order valence-electron chi connectivity index (χ2n) is 11.4. The Kier molecular flexibility index (Phi) is 18.6. The Balaban J connectivity index is 3.30. The van der Waals surface area contributed by atoms with Crippen molar-refractivity contribution in [1.82, 2.24) is 0 Å². The molecule has 0 saturated carbocycles. The highest BCUT2D eigenvalue weighted by Crippen LogP contribution is 2.42. The molecule has 0 aliphatic carbocycles. The minimum atomic E-state index is -0.689. The van der Waals surface area contributed by atoms with Crippen molar-refractivity contribution in [3.63, 3.8) is 0 Å². The fourth-order valence-corrected chi connectivity index (χ4v) is 4.45. The van der Waals surface area contributed by atoms with Gasteiger partial charge in [-0.15, -0.1) is 0 Å². The number of unbranched alkanes of at least 4 members (excludes halogenated alkanes) is 18. The van der Waals surface area contributed by atoms with E-state index in [1.165, 1.54) is 103 Å². The van der Waals surface area contributed by atoms with E-state index in [0.717, 1.165) is 25.7 Å². The van der Waals surface area contributed by atoms with Crippen LogP contribution < -0.4 is 0 Å². The third-order valence-corrected chi connectivity index (χ3v) is 7.92. The summed E-state index contributed by atoms with van der Waals surface area (Å²) in [6.45, 7) is 7.90. The van der Waals surface area contributed by atoms with Gasteiger partial charge in [-0.1, -0.05) is 129 Å². The normalized spacial score (nSPS) is 12.2. The Morgan fingerprint density at radius 1 is 0.485 bits per heavy atom. The maximum atomic E-state index is 11.5. The van der Waals surface area contributed by atoms with E-state index in [2.05, 4.69) is 13.8 Å². The largest absolute Gasteiger partial charge is 0.481 e. The lowest BCUT2D eigenvalue weighted by Crippen LogP contribution is -2.39. The highest BCUT2D eigenvalue weighted by Gasteiger charge is 2.42. The van der Waals surface area contributed by atoms with Crippen molar-refractivity contribution in [3.8, 4) is 0 Å². The monoisotopic (exact) mass is 468 g/mol. The molecule has 33 heavy (non-hydrogen) atoms. The van der Waals surface area contributed by atoms with Gasteiger partial charge in [-0.2, -0.15) is 0 Å². The maximum absolute atomic E-state index is 11.5. The van der Waals surface area contributed by atoms with Crippen LogP contribution in [-0.2, 0) is 9.59 Å². The summed E-state index contributed by atoms with van der Waals surface area (Å²) in [6, 6.07) is 0. The molecule has 0 radical (unpaired) electrons. The molecule has 0 heterocycles. The van der Waals surface area contributed by atoms with Crippen LogP contribution in [0.4, 0.5) is 0 Å². The SMILES string of the molecule is CC(C)(CCCCCCCCCCCCCCCCCCCCCC(=O)O)C(C)(C)C(=O)O. The molecule has 4 heteroatoms. The molecule has 0 aromatic heterocycles. The van der Waals surface area contributed by atoms with Gasteiger partial charge in [0.15, 0.2) is 0 Å². The van der Waals surface area contributed by atoms with Crippen molar-refractivity contribution in [2.75, 3.05) is 0 Å². The van der Waals surface area contributed by atoms with Crippen LogP contribution >= 0.6 is 0 Å². The first-order chi connectivity index (χ1) is 15.6. The highest BCUT2D eigenvalue weighted by atomic mass is 16.4. The lowest BCUT2D eigenvalue weighted by atomic mass is 9.65. The lowest BCUT2D eigenvalue weighted by Gasteiger charge is -2.38. The van der Waals surface area contributed by atoms with Gasteiger partial charge in [0.05, 0.1) is 5.41 Å². The predicted octanol–water partition coefficient (Wildman–Crippen LogP) is 9.40. The van der Waals surface area contributed by atoms with Gasteiger partial charge in [-0.3, -0.25) is 9.59 Å². The van der Waals surface area contributed by atoms with Gasteiger partial charge < -0.3 is 10.2 Å². The van der Waals surface area contributed by atoms with E-state index in [1.807, 2.05) is 13.8 Å². The van der Waals surface area contributed by atoms with E-state index in [-0.39, 0.29) is 5.41 Å². The summed E-state index contributed by atoms with van der Waals surface area (Å²) in [7, 11) is 0. The van der Waals surface area contributed by atoms with Crippen LogP contribution in [0.1, 0.15) is 163 Å². The number of aliphatic carboxylic acids is 2. The van der Waals surface area contributed by atoms with Crippen molar-refractivity contribution < 1.29 is 19.8 Å². The number of carboxylic acid groups (broad SMARTS) is 2. The van der Waals surface area contributed by atoms with Crippen molar-refractivity contribution in [2.24, 2.45) is 10.8 Å². The first-order valence-corrected chi connectivity index (χ1v) is 14.1. The van der Waals surface area contributed by atoms with E-state index >= 15 is 0 Å². The molecular weight excluding hydrogens is 412 g/mol. The van der Waals surface area contributed by atoms with Gasteiger partial charge in [0.1, 0.15) is 0 Å². The molecule has 0 aromatic rings. The van der Waals surface area contributed by atoms with Crippen molar-refractivity contribution in [3.05, 3.63) is 0 Å². The standard InChI is InChI=1S/C29H56O4/c1-28(2,29(3,4)27(32)33)25-23-21-19-17-15-13-11-9-7-5-6-8-10-12-14-16-18-20-22-24-26(30)31/h5-25H2,1-4H3,(H,30,31)(H,32,33). The Hall–Kier alpha value is -1.06. The van der Waals surface area contributed by atoms with Gasteiger partial charge in [0.2, 0.25) is 0 Å². The quantitative estimate of drug-likeness (QED) is 0.138. The molecule has 0 aromatic carbocycles. The summed E-state index contributed by atoms with van der Waals surface area (Å²) in [5.74, 6) is -1.35. The van der Waals surface area contributed by atoms with Gasteiger partial charge in [0, 0.05) is 6.42 Å². The third kappa shape index (κ3) is 17.1. The van der Waals surface area contributed by atoms with Crippen LogP contribution in [0.15, 0.2) is 0 Å². The van der Waals surface area contributed by atoms with Crippen LogP contribution in [0.5, 0.6) is 0 Å². The van der Waals surface area contributed by atoms with E-state index in [1.54, 1.807) is 0 Å². The summed E-state index contributed by atoms with van der Waals surface area (Å²) in [4.78, 5) is 21.9. The molecule has 0 rings (SSSR count). The fourth-order valence-electron chi connectivity index (χ4n) is 4.45. The van der Waals surface area contributed by atoms with Gasteiger partial charge in [-0.05, 0) is 32.1 Å². The molecule has 0 spiro atoms. The first kappa shape index (κ1) is 31.9.